The van der Waals surface area contributed by atoms with Crippen molar-refractivity contribution >= 4 is 29.0 Å². The van der Waals surface area contributed by atoms with E-state index in [9.17, 15) is 4.79 Å². The van der Waals surface area contributed by atoms with E-state index in [-0.39, 0.29) is 17.7 Å². The second kappa shape index (κ2) is 11.4. The van der Waals surface area contributed by atoms with Crippen LogP contribution < -0.4 is 16.0 Å². The van der Waals surface area contributed by atoms with E-state index in [0.717, 1.165) is 42.8 Å². The molecule has 3 aliphatic rings. The minimum atomic E-state index is -0.548. The molecule has 1 saturated carbocycles. The fraction of sp³-hybridized carbons (Fsp3) is 0.375. The molecule has 1 saturated heterocycles. The summed E-state index contributed by atoms with van der Waals surface area (Å²) in [6, 6.07) is 18.5. The number of nitrogens with one attached hydrogen (secondary N) is 3. The Bertz CT molecular complexity index is 1450. The van der Waals surface area contributed by atoms with E-state index >= 15 is 4.39 Å². The number of anilines is 2. The lowest BCUT2D eigenvalue weighted by Crippen LogP contribution is -2.43. The molecule has 3 aromatic rings. The highest BCUT2D eigenvalue weighted by molar-refractivity contribution is 6.30. The average molecular weight is 576 g/mol. The molecule has 0 radical (unpaired) electrons. The van der Waals surface area contributed by atoms with Gasteiger partial charge in [0.15, 0.2) is 0 Å². The van der Waals surface area contributed by atoms with Crippen molar-refractivity contribution in [3.8, 4) is 0 Å². The number of carbonyl (C=O) groups excluding carboxylic acids is 1. The Hall–Kier alpha value is -3.46. The lowest BCUT2D eigenvalue weighted by Gasteiger charge is -2.37. The van der Waals surface area contributed by atoms with Crippen LogP contribution >= 0.6 is 11.6 Å². The molecule has 7 nitrogen and oxygen atoms in total. The number of pyridine rings is 1. The van der Waals surface area contributed by atoms with Gasteiger partial charge in [0.2, 0.25) is 5.91 Å². The Morgan fingerprint density at radius 3 is 2.73 bits per heavy atom. The van der Waals surface area contributed by atoms with Crippen LogP contribution in [-0.4, -0.2) is 48.1 Å². The standard InChI is InChI=1S/C32H35ClFN5O2/c1-3-36-32(21-7-5-4-6-8-21)14-13-20-15-25(20)30(38-29-12-10-23(33)18-35-29)39-19-24(41-2)17-28(39)31(40)37-27-16-22(32)9-11-26(27)34/h4-12,16,18,20,24,28,36H,3,13-15,17,19H2,1-2H3,(H,35,38)(H,37,40)/b30-25-/t20?,24-,28-,32?/m1/s1. The molecule has 3 N–H and O–H groups in total. The maximum Gasteiger partial charge on any atom is 0.247 e. The van der Waals surface area contributed by atoms with Crippen molar-refractivity contribution in [3.63, 3.8) is 0 Å². The second-order valence-electron chi connectivity index (χ2n) is 11.0. The van der Waals surface area contributed by atoms with Crippen LogP contribution in [-0.2, 0) is 15.1 Å². The molecule has 1 aromatic heterocycles. The van der Waals surface area contributed by atoms with Gasteiger partial charge in [0.1, 0.15) is 23.5 Å². The molecule has 214 valence electrons. The van der Waals surface area contributed by atoms with Crippen molar-refractivity contribution in [2.24, 2.45) is 5.92 Å². The minimum Gasteiger partial charge on any atom is -0.380 e. The molecule has 0 spiro atoms. The lowest BCUT2D eigenvalue weighted by atomic mass is 9.78. The zero-order valence-electron chi connectivity index (χ0n) is 23.3. The van der Waals surface area contributed by atoms with Crippen molar-refractivity contribution in [1.29, 1.82) is 0 Å². The number of fused-ring (bicyclic) bond motifs is 4. The summed E-state index contributed by atoms with van der Waals surface area (Å²) in [6.45, 7) is 3.35. The van der Waals surface area contributed by atoms with Gasteiger partial charge in [-0.3, -0.25) is 4.79 Å². The third-order valence-corrected chi connectivity index (χ3v) is 8.82. The van der Waals surface area contributed by atoms with Crippen LogP contribution in [0.5, 0.6) is 0 Å². The maximum atomic E-state index is 15.3. The number of rotatable bonds is 6. The van der Waals surface area contributed by atoms with E-state index in [1.54, 1.807) is 25.4 Å². The SMILES string of the molecule is CCNC1(c2ccccc2)CCC2C/C2=C(\Nc2ccc(Cl)cn2)N2C[C@H](OC)C[C@@H]2C(=O)Nc2cc1ccc2F. The van der Waals surface area contributed by atoms with E-state index in [4.69, 9.17) is 16.3 Å². The molecule has 9 heteroatoms. The topological polar surface area (TPSA) is 78.5 Å². The molecule has 2 bridgehead atoms. The summed E-state index contributed by atoms with van der Waals surface area (Å²) in [7, 11) is 1.66. The van der Waals surface area contributed by atoms with Gasteiger partial charge in [-0.25, -0.2) is 9.37 Å². The monoisotopic (exact) mass is 575 g/mol. The van der Waals surface area contributed by atoms with Crippen molar-refractivity contribution in [3.05, 3.63) is 100 Å². The smallest absolute Gasteiger partial charge is 0.247 e. The molecule has 3 heterocycles. The molecular formula is C32H35ClFN5O2. The van der Waals surface area contributed by atoms with Gasteiger partial charge in [0.25, 0.3) is 0 Å². The zero-order valence-corrected chi connectivity index (χ0v) is 24.0. The van der Waals surface area contributed by atoms with Crippen LogP contribution in [0.15, 0.2) is 78.3 Å². The highest BCUT2D eigenvalue weighted by Gasteiger charge is 2.45. The number of benzene rings is 2. The van der Waals surface area contributed by atoms with Gasteiger partial charge >= 0.3 is 0 Å². The predicted octanol–water partition coefficient (Wildman–Crippen LogP) is 5.89. The Kier molecular flexibility index (Phi) is 7.72. The summed E-state index contributed by atoms with van der Waals surface area (Å²) in [4.78, 5) is 20.4. The first-order valence-electron chi connectivity index (χ1n) is 14.2. The molecule has 1 aliphatic carbocycles. The van der Waals surface area contributed by atoms with Gasteiger partial charge in [-0.05, 0) is 72.7 Å². The van der Waals surface area contributed by atoms with Crippen LogP contribution in [0.4, 0.5) is 15.9 Å². The molecule has 4 atom stereocenters. The number of hydrogen-bond acceptors (Lipinski definition) is 6. The number of halogens is 2. The van der Waals surface area contributed by atoms with Crippen molar-refractivity contribution < 1.29 is 13.9 Å². The van der Waals surface area contributed by atoms with Crippen LogP contribution in [0.2, 0.25) is 5.02 Å². The Morgan fingerprint density at radius 2 is 2.00 bits per heavy atom. The third-order valence-electron chi connectivity index (χ3n) is 8.59. The number of ether oxygens (including phenoxy) is 1. The van der Waals surface area contributed by atoms with Gasteiger partial charge in [-0.1, -0.05) is 54.9 Å². The normalized spacial score (nSPS) is 27.6. The molecule has 2 fully saturated rings. The highest BCUT2D eigenvalue weighted by Crippen LogP contribution is 2.49. The van der Waals surface area contributed by atoms with Gasteiger partial charge < -0.3 is 25.6 Å². The van der Waals surface area contributed by atoms with E-state index in [1.165, 1.54) is 11.6 Å². The molecule has 41 heavy (non-hydrogen) atoms. The van der Waals surface area contributed by atoms with Crippen molar-refractivity contribution in [2.45, 2.75) is 50.3 Å². The third kappa shape index (κ3) is 5.44. The fourth-order valence-electron chi connectivity index (χ4n) is 6.41. The van der Waals surface area contributed by atoms with Gasteiger partial charge in [0.05, 0.1) is 22.4 Å². The van der Waals surface area contributed by atoms with Gasteiger partial charge in [-0.15, -0.1) is 0 Å². The van der Waals surface area contributed by atoms with Crippen molar-refractivity contribution in [2.75, 3.05) is 30.8 Å². The Morgan fingerprint density at radius 1 is 1.17 bits per heavy atom. The van der Waals surface area contributed by atoms with E-state index in [2.05, 4.69) is 44.9 Å². The summed E-state index contributed by atoms with van der Waals surface area (Å²) in [5.74, 6) is 1.13. The van der Waals surface area contributed by atoms with Gasteiger partial charge in [-0.2, -0.15) is 0 Å². The van der Waals surface area contributed by atoms with Crippen molar-refractivity contribution in [1.82, 2.24) is 15.2 Å². The number of carbonyl (C=O) groups is 1. The predicted molar refractivity (Wildman–Crippen MR) is 159 cm³/mol. The summed E-state index contributed by atoms with van der Waals surface area (Å²) in [5.41, 5.74) is 2.92. The number of hydrogen-bond donors (Lipinski definition) is 3. The number of amides is 1. The Labute approximate surface area is 245 Å². The number of methoxy groups -OCH3 is 1. The largest absolute Gasteiger partial charge is 0.380 e. The first kappa shape index (κ1) is 27.7. The van der Waals surface area contributed by atoms with Crippen LogP contribution in [0.1, 0.15) is 43.7 Å². The second-order valence-corrected chi connectivity index (χ2v) is 11.5. The molecular weight excluding hydrogens is 541 g/mol. The van der Waals surface area contributed by atoms with E-state index in [0.29, 0.717) is 29.7 Å². The minimum absolute atomic E-state index is 0.137. The summed E-state index contributed by atoms with van der Waals surface area (Å²) >= 11 is 6.10. The molecule has 2 aromatic carbocycles. The van der Waals surface area contributed by atoms with Crippen LogP contribution in [0.25, 0.3) is 0 Å². The molecule has 1 amide bonds. The summed E-state index contributed by atoms with van der Waals surface area (Å²) in [6.07, 6.45) is 4.59. The zero-order chi connectivity index (χ0) is 28.6. The van der Waals surface area contributed by atoms with Crippen LogP contribution in [0, 0.1) is 11.7 Å². The first-order chi connectivity index (χ1) is 19.9. The van der Waals surface area contributed by atoms with Crippen LogP contribution in [0.3, 0.4) is 0 Å². The van der Waals surface area contributed by atoms with E-state index < -0.39 is 17.4 Å². The summed E-state index contributed by atoms with van der Waals surface area (Å²) in [5, 5.41) is 10.7. The molecule has 2 unspecified atom stereocenters. The quantitative estimate of drug-likeness (QED) is 0.340. The maximum absolute atomic E-state index is 15.3. The number of nitrogens with zero attached hydrogens (tertiary/aromatic N) is 2. The Balaban J connectivity index is 1.47. The number of aromatic nitrogens is 1. The lowest BCUT2D eigenvalue weighted by molar-refractivity contribution is -0.119. The molecule has 2 aliphatic heterocycles. The first-order valence-corrected chi connectivity index (χ1v) is 14.6. The summed E-state index contributed by atoms with van der Waals surface area (Å²) < 4.78 is 21.0. The highest BCUT2D eigenvalue weighted by atomic mass is 35.5. The van der Waals surface area contributed by atoms with E-state index in [1.807, 2.05) is 30.3 Å². The number of allylic oxidation sites excluding steroid dienone is 1. The van der Waals surface area contributed by atoms with Gasteiger partial charge in [0, 0.05) is 26.3 Å². The average Bonchev–Trinajstić information content (AvgIpc) is 3.63. The fourth-order valence-corrected chi connectivity index (χ4v) is 6.52. The molecule has 6 rings (SSSR count).